The second kappa shape index (κ2) is 26.7. The summed E-state index contributed by atoms with van der Waals surface area (Å²) in [5, 5.41) is 29.0. The Morgan fingerprint density at radius 2 is 1.68 bits per heavy atom. The summed E-state index contributed by atoms with van der Waals surface area (Å²) in [5.74, 6) is -6.53. The minimum Gasteiger partial charge on any atom is -0.481 e. The van der Waals surface area contributed by atoms with Crippen molar-refractivity contribution in [1.29, 1.82) is 0 Å². The molecule has 0 saturated carbocycles. The van der Waals surface area contributed by atoms with E-state index in [1.54, 1.807) is 19.9 Å². The number of anilines is 2. The number of nitrogens with zero attached hydrogens (tertiary/aromatic N) is 4. The Hall–Kier alpha value is -8.00. The molecule has 13 N–H and O–H groups in total. The number of unbranched alkanes of at least 4 members (excludes halogenated alkanes) is 2. The van der Waals surface area contributed by atoms with Gasteiger partial charge in [-0.1, -0.05) is 38.5 Å². The van der Waals surface area contributed by atoms with Gasteiger partial charge in [0.1, 0.15) is 28.8 Å². The molecule has 0 saturated heterocycles. The van der Waals surface area contributed by atoms with Crippen molar-refractivity contribution in [3.05, 3.63) is 83.0 Å². The minimum atomic E-state index is -4.46. The van der Waals surface area contributed by atoms with E-state index in [4.69, 9.17) is 11.5 Å². The number of fused-ring (bicyclic) bond motifs is 2. The van der Waals surface area contributed by atoms with E-state index < -0.39 is 94.4 Å². The summed E-state index contributed by atoms with van der Waals surface area (Å²) in [6, 6.07) is 9.07. The SMILES string of the molecule is CC(C)[C@H]1NC(=O)c2cc(cc(NC(=O)CCCCCNC(=O)c3ccc(N/N=C/c4ccccc4S(=O)(=O)O)nc3)c2)CNC(=O)[C@H](CC(=O)O)NC(=O)CNC(=O)[C@H](CCCN=C(N)N)N(C)C1=O. The maximum Gasteiger partial charge on any atom is 0.305 e. The van der Waals surface area contributed by atoms with Crippen LogP contribution in [0.5, 0.6) is 0 Å². The van der Waals surface area contributed by atoms with Crippen molar-refractivity contribution in [1.82, 2.24) is 36.5 Å². The summed E-state index contributed by atoms with van der Waals surface area (Å²) in [4.78, 5) is 114. The second-order valence-corrected chi connectivity index (χ2v) is 18.0. The molecule has 7 amide bonds. The number of carboxylic acid groups (broad SMARTS) is 1. The second-order valence-electron chi connectivity index (χ2n) is 16.6. The van der Waals surface area contributed by atoms with Crippen LogP contribution in [0.25, 0.3) is 0 Å². The van der Waals surface area contributed by atoms with Gasteiger partial charge in [-0.3, -0.25) is 53.3 Å². The molecule has 0 aliphatic carbocycles. The van der Waals surface area contributed by atoms with Crippen LogP contribution in [-0.2, 0) is 45.4 Å². The van der Waals surface area contributed by atoms with Crippen molar-refractivity contribution >= 4 is 81.1 Å². The largest absolute Gasteiger partial charge is 0.481 e. The van der Waals surface area contributed by atoms with Crippen molar-refractivity contribution in [2.75, 3.05) is 37.4 Å². The number of hydrogen-bond donors (Lipinski definition) is 11. The highest BCUT2D eigenvalue weighted by atomic mass is 32.2. The number of carboxylic acids is 1. The lowest BCUT2D eigenvalue weighted by molar-refractivity contribution is -0.142. The van der Waals surface area contributed by atoms with E-state index in [0.717, 1.165) is 4.90 Å². The molecule has 25 nitrogen and oxygen atoms in total. The lowest BCUT2D eigenvalue weighted by atomic mass is 9.99. The molecule has 2 heterocycles. The van der Waals surface area contributed by atoms with E-state index in [1.807, 2.05) is 0 Å². The number of rotatable bonds is 19. The molecule has 0 radical (unpaired) electrons. The van der Waals surface area contributed by atoms with E-state index in [2.05, 4.69) is 52.4 Å². The molecule has 3 aromatic rings. The van der Waals surface area contributed by atoms with E-state index in [9.17, 15) is 56.4 Å². The fourth-order valence-electron chi connectivity index (χ4n) is 7.03. The predicted octanol–water partition coefficient (Wildman–Crippen LogP) is 0.0437. The Kier molecular flexibility index (Phi) is 20.9. The lowest BCUT2D eigenvalue weighted by Gasteiger charge is -2.32. The molecule has 0 unspecified atom stereocenters. The zero-order chi connectivity index (χ0) is 52.3. The fraction of sp³-hybridized carbons (Fsp3) is 0.400. The van der Waals surface area contributed by atoms with Crippen LogP contribution in [0.2, 0.25) is 0 Å². The predicted molar refractivity (Wildman–Crippen MR) is 259 cm³/mol. The van der Waals surface area contributed by atoms with Crippen LogP contribution in [0, 0.1) is 5.92 Å². The number of aliphatic imine (C=N–C) groups is 1. The van der Waals surface area contributed by atoms with Crippen molar-refractivity contribution < 1.29 is 56.4 Å². The molecule has 1 aliphatic rings. The molecule has 1 aromatic heterocycles. The number of pyridine rings is 1. The van der Waals surface area contributed by atoms with Crippen LogP contribution < -0.4 is 48.8 Å². The van der Waals surface area contributed by atoms with Crippen molar-refractivity contribution in [3.8, 4) is 0 Å². The first-order chi connectivity index (χ1) is 33.6. The zero-order valence-electron chi connectivity index (χ0n) is 39.3. The number of aliphatic carboxylic acids is 1. The maximum atomic E-state index is 14.1. The number of nitrogens with one attached hydrogen (secondary N) is 7. The highest BCUT2D eigenvalue weighted by molar-refractivity contribution is 7.86. The molecule has 382 valence electrons. The minimum absolute atomic E-state index is 0.0125. The van der Waals surface area contributed by atoms with Gasteiger partial charge >= 0.3 is 5.97 Å². The van der Waals surface area contributed by atoms with E-state index in [0.29, 0.717) is 24.8 Å². The molecule has 3 atom stereocenters. The average molecular weight is 1010 g/mol. The summed E-state index contributed by atoms with van der Waals surface area (Å²) in [5.41, 5.74) is 14.3. The number of hydrazone groups is 1. The van der Waals surface area contributed by atoms with Gasteiger partial charge in [0.2, 0.25) is 29.5 Å². The summed E-state index contributed by atoms with van der Waals surface area (Å²) < 4.78 is 32.6. The number of nitrogens with two attached hydrogens (primary N) is 2. The van der Waals surface area contributed by atoms with Crippen LogP contribution >= 0.6 is 0 Å². The van der Waals surface area contributed by atoms with Gasteiger partial charge in [0.25, 0.3) is 21.9 Å². The average Bonchev–Trinajstić information content (AvgIpc) is 3.31. The van der Waals surface area contributed by atoms with Gasteiger partial charge < -0.3 is 53.4 Å². The first kappa shape index (κ1) is 55.6. The van der Waals surface area contributed by atoms with Gasteiger partial charge in [-0.15, -0.1) is 0 Å². The molecular formula is C45H59N13O12S. The highest BCUT2D eigenvalue weighted by Crippen LogP contribution is 2.19. The maximum absolute atomic E-state index is 14.1. The molecule has 4 rings (SSSR count). The van der Waals surface area contributed by atoms with Crippen LogP contribution in [0.4, 0.5) is 11.5 Å². The zero-order valence-corrected chi connectivity index (χ0v) is 40.1. The number of guanidine groups is 1. The van der Waals surface area contributed by atoms with E-state index >= 15 is 0 Å². The van der Waals surface area contributed by atoms with E-state index in [1.165, 1.54) is 68.0 Å². The standard InChI is InChI=1S/C45H59N13O12S/c1-26(2)39-44(67)58(3)33(11-9-17-49-45(46)47)43(66)52-25-37(60)55-32(21-38(61)62)42(65)51-22-27-18-30(41(64)56-39)20-31(19-27)54-36(59)13-5-4-8-16-48-40(63)29-14-15-35(50-23-29)57-53-24-28-10-6-7-12-34(28)71(68,69)70/h6-7,10,12,14-15,18-20,23-24,26,32-33,39H,4-5,8-9,11,13,16-17,21-22,25H2,1-3H3,(H,48,63)(H,50,57)(H,51,65)(H,52,66)(H,54,59)(H,55,60)(H,56,64)(H,61,62)(H4,46,47,49)(H,68,69,70)/b53-24+/t32-,33-,39+/m0/s1. The molecule has 0 fully saturated rings. The Morgan fingerprint density at radius 3 is 2.35 bits per heavy atom. The van der Waals surface area contributed by atoms with Crippen LogP contribution in [0.1, 0.15) is 90.6 Å². The first-order valence-electron chi connectivity index (χ1n) is 22.4. The number of aromatic nitrogens is 1. The van der Waals surface area contributed by atoms with Gasteiger partial charge in [0, 0.05) is 56.1 Å². The molecule has 0 spiro atoms. The van der Waals surface area contributed by atoms with Crippen LogP contribution in [-0.4, -0.2) is 132 Å². The Labute approximate surface area is 409 Å². The normalized spacial score (nSPS) is 17.2. The van der Waals surface area contributed by atoms with Gasteiger partial charge in [0.05, 0.1) is 24.7 Å². The molecular weight excluding hydrogens is 947 g/mol. The third-order valence-electron chi connectivity index (χ3n) is 10.7. The smallest absolute Gasteiger partial charge is 0.305 e. The van der Waals surface area contributed by atoms with Crippen LogP contribution in [0.3, 0.4) is 0 Å². The number of carbonyl (C=O) groups is 8. The van der Waals surface area contributed by atoms with Crippen molar-refractivity contribution in [3.63, 3.8) is 0 Å². The third-order valence-corrected chi connectivity index (χ3v) is 11.6. The highest BCUT2D eigenvalue weighted by Gasteiger charge is 2.34. The summed E-state index contributed by atoms with van der Waals surface area (Å²) in [6.07, 6.45) is 3.49. The molecule has 2 bridgehead atoms. The summed E-state index contributed by atoms with van der Waals surface area (Å²) in [6.45, 7) is 2.83. The number of benzene rings is 2. The topological polar surface area (TPSA) is 388 Å². The van der Waals surface area contributed by atoms with Gasteiger partial charge in [-0.2, -0.15) is 13.5 Å². The molecule has 1 aliphatic heterocycles. The molecule has 2 aromatic carbocycles. The first-order valence-corrected chi connectivity index (χ1v) is 23.8. The van der Waals surface area contributed by atoms with Gasteiger partial charge in [-0.05, 0) is 73.6 Å². The molecule has 26 heteroatoms. The molecule has 71 heavy (non-hydrogen) atoms. The lowest BCUT2D eigenvalue weighted by Crippen LogP contribution is -2.57. The Bertz CT molecular complexity index is 2600. The summed E-state index contributed by atoms with van der Waals surface area (Å²) >= 11 is 0. The van der Waals surface area contributed by atoms with Crippen molar-refractivity contribution in [2.24, 2.45) is 27.5 Å². The third kappa shape index (κ3) is 18.1. The van der Waals surface area contributed by atoms with Gasteiger partial charge in [0.15, 0.2) is 5.96 Å². The fourth-order valence-corrected chi connectivity index (χ4v) is 7.70. The Morgan fingerprint density at radius 1 is 0.944 bits per heavy atom. The van der Waals surface area contributed by atoms with E-state index in [-0.39, 0.29) is 77.9 Å². The van der Waals surface area contributed by atoms with Crippen LogP contribution in [0.15, 0.2) is 75.8 Å². The van der Waals surface area contributed by atoms with Crippen molar-refractivity contribution in [2.45, 2.75) is 88.4 Å². The summed E-state index contributed by atoms with van der Waals surface area (Å²) in [7, 11) is -3.09. The number of carbonyl (C=O) groups excluding carboxylic acids is 7. The number of amides is 7. The monoisotopic (exact) mass is 1010 g/mol. The number of hydrogen-bond acceptors (Lipinski definition) is 14. The Balaban J connectivity index is 1.40. The van der Waals surface area contributed by atoms with Gasteiger partial charge in [-0.25, -0.2) is 4.98 Å². The quantitative estimate of drug-likeness (QED) is 0.0248. The number of likely N-dealkylation sites (N-methyl/N-ethyl adjacent to an activating group) is 1.